The summed E-state index contributed by atoms with van der Waals surface area (Å²) in [5.74, 6) is 1.14. The standard InChI is InChI=1S/C25H19N3O3/c1-17-13-22(31-25-20(15-26)7-4-12-27-25)10-11-23(17)28-24(29)16-30-21-9-8-18-5-2-3-6-19(18)14-21/h2-14H,16H2,1H3,(H,28,29). The molecule has 0 bridgehead atoms. The number of benzene rings is 3. The number of aryl methyl sites for hydroxylation is 1. The topological polar surface area (TPSA) is 84.2 Å². The number of ether oxygens (including phenoxy) is 2. The van der Waals surface area contributed by atoms with Gasteiger partial charge in [0.15, 0.2) is 6.61 Å². The Morgan fingerprint density at radius 3 is 2.61 bits per heavy atom. The summed E-state index contributed by atoms with van der Waals surface area (Å²) in [5, 5.41) is 14.2. The molecule has 31 heavy (non-hydrogen) atoms. The van der Waals surface area contributed by atoms with Crippen molar-refractivity contribution in [1.29, 1.82) is 5.26 Å². The maximum Gasteiger partial charge on any atom is 0.262 e. The Hall–Kier alpha value is -4.37. The fraction of sp³-hybridized carbons (Fsp3) is 0.0800. The van der Waals surface area contributed by atoms with Crippen LogP contribution in [0.4, 0.5) is 5.69 Å². The zero-order valence-electron chi connectivity index (χ0n) is 16.8. The third kappa shape index (κ3) is 4.80. The number of hydrogen-bond acceptors (Lipinski definition) is 5. The van der Waals surface area contributed by atoms with Crippen molar-refractivity contribution in [2.45, 2.75) is 6.92 Å². The molecule has 1 N–H and O–H groups in total. The third-order valence-electron chi connectivity index (χ3n) is 4.67. The van der Waals surface area contributed by atoms with E-state index in [2.05, 4.69) is 10.3 Å². The molecule has 0 unspecified atom stereocenters. The lowest BCUT2D eigenvalue weighted by atomic mass is 10.1. The van der Waals surface area contributed by atoms with Gasteiger partial charge in [-0.15, -0.1) is 0 Å². The summed E-state index contributed by atoms with van der Waals surface area (Å²) < 4.78 is 11.4. The van der Waals surface area contributed by atoms with Gasteiger partial charge in [0, 0.05) is 11.9 Å². The van der Waals surface area contributed by atoms with E-state index in [1.807, 2.05) is 55.5 Å². The second-order valence-electron chi connectivity index (χ2n) is 6.89. The molecule has 6 nitrogen and oxygen atoms in total. The Kier molecular flexibility index (Phi) is 5.77. The third-order valence-corrected chi connectivity index (χ3v) is 4.67. The second-order valence-corrected chi connectivity index (χ2v) is 6.89. The average Bonchev–Trinajstić information content (AvgIpc) is 2.80. The van der Waals surface area contributed by atoms with Gasteiger partial charge in [-0.1, -0.05) is 30.3 Å². The number of fused-ring (bicyclic) bond motifs is 1. The Balaban J connectivity index is 1.38. The lowest BCUT2D eigenvalue weighted by Gasteiger charge is -2.12. The fourth-order valence-corrected chi connectivity index (χ4v) is 3.10. The van der Waals surface area contributed by atoms with E-state index in [0.29, 0.717) is 22.7 Å². The summed E-state index contributed by atoms with van der Waals surface area (Å²) in [4.78, 5) is 16.4. The maximum atomic E-state index is 12.3. The summed E-state index contributed by atoms with van der Waals surface area (Å²) >= 11 is 0. The van der Waals surface area contributed by atoms with Crippen molar-refractivity contribution in [2.75, 3.05) is 11.9 Å². The number of amides is 1. The normalized spacial score (nSPS) is 10.3. The first-order valence-electron chi connectivity index (χ1n) is 9.67. The highest BCUT2D eigenvalue weighted by molar-refractivity contribution is 5.92. The van der Waals surface area contributed by atoms with E-state index in [0.717, 1.165) is 16.3 Å². The molecule has 152 valence electrons. The smallest absolute Gasteiger partial charge is 0.262 e. The molecule has 0 radical (unpaired) electrons. The molecule has 6 heteroatoms. The largest absolute Gasteiger partial charge is 0.484 e. The minimum absolute atomic E-state index is 0.102. The number of rotatable bonds is 6. The zero-order chi connectivity index (χ0) is 21.6. The molecule has 1 aromatic heterocycles. The number of nitriles is 1. The van der Waals surface area contributed by atoms with E-state index >= 15 is 0 Å². The molecule has 0 fully saturated rings. The molecule has 0 saturated heterocycles. The van der Waals surface area contributed by atoms with E-state index in [4.69, 9.17) is 14.7 Å². The van der Waals surface area contributed by atoms with Gasteiger partial charge in [0.25, 0.3) is 5.91 Å². The first kappa shape index (κ1) is 19.9. The van der Waals surface area contributed by atoms with Crippen LogP contribution in [0.15, 0.2) is 79.0 Å². The van der Waals surface area contributed by atoms with Crippen LogP contribution in [0.3, 0.4) is 0 Å². The van der Waals surface area contributed by atoms with Crippen molar-refractivity contribution in [1.82, 2.24) is 4.98 Å². The number of carbonyl (C=O) groups is 1. The number of nitrogens with zero attached hydrogens (tertiary/aromatic N) is 2. The van der Waals surface area contributed by atoms with Gasteiger partial charge in [-0.05, 0) is 65.7 Å². The van der Waals surface area contributed by atoms with Crippen LogP contribution in [0.1, 0.15) is 11.1 Å². The van der Waals surface area contributed by atoms with Gasteiger partial charge in [0.1, 0.15) is 23.1 Å². The zero-order valence-corrected chi connectivity index (χ0v) is 16.8. The number of anilines is 1. The highest BCUT2D eigenvalue weighted by Crippen LogP contribution is 2.27. The predicted octanol–water partition coefficient (Wildman–Crippen LogP) is 5.22. The van der Waals surface area contributed by atoms with Crippen molar-refractivity contribution in [3.05, 3.63) is 90.1 Å². The van der Waals surface area contributed by atoms with Crippen LogP contribution in [-0.2, 0) is 4.79 Å². The SMILES string of the molecule is Cc1cc(Oc2ncccc2C#N)ccc1NC(=O)COc1ccc2ccccc2c1. The van der Waals surface area contributed by atoms with Crippen molar-refractivity contribution in [3.63, 3.8) is 0 Å². The highest BCUT2D eigenvalue weighted by Gasteiger charge is 2.10. The molecule has 0 saturated carbocycles. The van der Waals surface area contributed by atoms with Crippen molar-refractivity contribution < 1.29 is 14.3 Å². The first-order chi connectivity index (χ1) is 15.1. The number of carbonyl (C=O) groups excluding carboxylic acids is 1. The van der Waals surface area contributed by atoms with Crippen LogP contribution in [0, 0.1) is 18.3 Å². The van der Waals surface area contributed by atoms with E-state index in [1.165, 1.54) is 0 Å². The Morgan fingerprint density at radius 2 is 1.81 bits per heavy atom. The lowest BCUT2D eigenvalue weighted by molar-refractivity contribution is -0.118. The first-order valence-corrected chi connectivity index (χ1v) is 9.67. The minimum atomic E-state index is -0.263. The van der Waals surface area contributed by atoms with E-state index in [9.17, 15) is 4.79 Å². The number of pyridine rings is 1. The van der Waals surface area contributed by atoms with Gasteiger partial charge in [-0.3, -0.25) is 4.79 Å². The molecular weight excluding hydrogens is 390 g/mol. The molecule has 4 rings (SSSR count). The summed E-state index contributed by atoms with van der Waals surface area (Å²) in [5.41, 5.74) is 1.82. The Bertz CT molecular complexity index is 1290. The van der Waals surface area contributed by atoms with Crippen molar-refractivity contribution in [3.8, 4) is 23.4 Å². The number of aromatic nitrogens is 1. The summed E-state index contributed by atoms with van der Waals surface area (Å²) in [6, 6.07) is 24.3. The monoisotopic (exact) mass is 409 g/mol. The molecule has 4 aromatic rings. The highest BCUT2D eigenvalue weighted by atomic mass is 16.5. The van der Waals surface area contributed by atoms with Crippen LogP contribution >= 0.6 is 0 Å². The van der Waals surface area contributed by atoms with Crippen molar-refractivity contribution in [2.24, 2.45) is 0 Å². The molecule has 3 aromatic carbocycles. The van der Waals surface area contributed by atoms with Crippen LogP contribution in [0.5, 0.6) is 17.4 Å². The molecule has 0 atom stereocenters. The Morgan fingerprint density at radius 1 is 1.00 bits per heavy atom. The van der Waals surface area contributed by atoms with Crippen LogP contribution in [0.25, 0.3) is 10.8 Å². The van der Waals surface area contributed by atoms with Crippen molar-refractivity contribution >= 4 is 22.4 Å². The van der Waals surface area contributed by atoms with E-state index in [1.54, 1.807) is 36.5 Å². The van der Waals surface area contributed by atoms with Gasteiger partial charge in [0.05, 0.1) is 0 Å². The quantitative estimate of drug-likeness (QED) is 0.472. The molecule has 1 amide bonds. The van der Waals surface area contributed by atoms with E-state index < -0.39 is 0 Å². The molecule has 0 aliphatic carbocycles. The lowest BCUT2D eigenvalue weighted by Crippen LogP contribution is -2.20. The summed E-state index contributed by atoms with van der Waals surface area (Å²) in [6.07, 6.45) is 1.56. The van der Waals surface area contributed by atoms with Gasteiger partial charge < -0.3 is 14.8 Å². The molecular formula is C25H19N3O3. The molecule has 1 heterocycles. The second kappa shape index (κ2) is 8.97. The fourth-order valence-electron chi connectivity index (χ4n) is 3.10. The minimum Gasteiger partial charge on any atom is -0.484 e. The Labute approximate surface area is 179 Å². The van der Waals surface area contributed by atoms with Crippen LogP contribution < -0.4 is 14.8 Å². The van der Waals surface area contributed by atoms with Gasteiger partial charge in [-0.25, -0.2) is 4.98 Å². The summed E-state index contributed by atoms with van der Waals surface area (Å²) in [6.45, 7) is 1.76. The van der Waals surface area contributed by atoms with Gasteiger partial charge >= 0.3 is 0 Å². The van der Waals surface area contributed by atoms with Crippen LogP contribution in [0.2, 0.25) is 0 Å². The molecule has 0 aliphatic rings. The molecule has 0 aliphatic heterocycles. The predicted molar refractivity (Wildman–Crippen MR) is 118 cm³/mol. The number of hydrogen-bond donors (Lipinski definition) is 1. The summed E-state index contributed by atoms with van der Waals surface area (Å²) in [7, 11) is 0. The molecule has 0 spiro atoms. The van der Waals surface area contributed by atoms with Crippen LogP contribution in [-0.4, -0.2) is 17.5 Å². The number of nitrogens with one attached hydrogen (secondary N) is 1. The maximum absolute atomic E-state index is 12.3. The average molecular weight is 409 g/mol. The van der Waals surface area contributed by atoms with Gasteiger partial charge in [-0.2, -0.15) is 5.26 Å². The van der Waals surface area contributed by atoms with Gasteiger partial charge in [0.2, 0.25) is 5.88 Å². The van der Waals surface area contributed by atoms with E-state index in [-0.39, 0.29) is 18.4 Å².